The smallest absolute Gasteiger partial charge is 0.534 e. The van der Waals surface area contributed by atoms with Crippen molar-refractivity contribution in [2.45, 2.75) is 89.2 Å². The molecule has 0 aromatic heterocycles. The summed E-state index contributed by atoms with van der Waals surface area (Å²) in [5.74, 6) is -0.0884. The highest BCUT2D eigenvalue weighted by Crippen LogP contribution is 2.49. The second-order valence-electron chi connectivity index (χ2n) is 12.1. The van der Waals surface area contributed by atoms with Crippen LogP contribution in [-0.2, 0) is 19.0 Å². The van der Waals surface area contributed by atoms with E-state index >= 15 is 0 Å². The third-order valence-corrected chi connectivity index (χ3v) is 12.2. The number of alkyl halides is 3. The van der Waals surface area contributed by atoms with E-state index in [-0.39, 0.29) is 42.3 Å². The molecule has 1 aromatic carbocycles. The number of rotatable bonds is 4. The maximum atomic E-state index is 13.3. The van der Waals surface area contributed by atoms with Crippen LogP contribution in [-0.4, -0.2) is 57.5 Å². The highest BCUT2D eigenvalue weighted by molar-refractivity contribution is 7.87. The Morgan fingerprint density at radius 3 is 2.13 bits per heavy atom. The van der Waals surface area contributed by atoms with Crippen molar-refractivity contribution in [2.24, 2.45) is 0 Å². The predicted molar refractivity (Wildman–Crippen MR) is 139 cm³/mol. The first-order chi connectivity index (χ1) is 17.1. The van der Waals surface area contributed by atoms with Crippen LogP contribution >= 0.6 is 0 Å². The molecule has 0 saturated carbocycles. The van der Waals surface area contributed by atoms with Crippen LogP contribution in [0.3, 0.4) is 0 Å². The van der Waals surface area contributed by atoms with Crippen molar-refractivity contribution in [1.82, 2.24) is 4.90 Å². The quantitative estimate of drug-likeness (QED) is 0.230. The Bertz CT molecular complexity index is 1210. The molecule has 0 N–H and O–H groups in total. The number of amides is 1. The molecule has 2 aliphatic rings. The van der Waals surface area contributed by atoms with Crippen LogP contribution in [0.2, 0.25) is 18.1 Å². The second kappa shape index (κ2) is 9.65. The van der Waals surface area contributed by atoms with Gasteiger partial charge in [-0.1, -0.05) is 26.8 Å². The number of ether oxygens (including phenoxy) is 2. The molecule has 0 bridgehead atoms. The van der Waals surface area contributed by atoms with E-state index in [1.807, 2.05) is 33.9 Å². The van der Waals surface area contributed by atoms with Gasteiger partial charge < -0.3 is 23.0 Å². The minimum atomic E-state index is -5.95. The average molecular weight is 580 g/mol. The SMILES string of the molecule is CC(C)(C)OC(=O)N1CCC2(C=C(OS(=O)(=O)C(F)(F)F)c3cccc(O[Si](C)(C)C(C)(C)C)c3O2)CC1. The standard InChI is InChI=1S/C25H36F3NO7SSi/c1-22(2,3)34-21(30)29-14-12-24(13-15-29)16-19(35-37(31,32)25(26,27)28)17-10-9-11-18(20(17)33-24)36-38(7,8)23(4,5)6/h9-11,16H,12-15H2,1-8H3. The Balaban J connectivity index is 2.03. The van der Waals surface area contributed by atoms with Gasteiger partial charge in [0, 0.05) is 32.0 Å². The lowest BCUT2D eigenvalue weighted by atomic mass is 9.87. The molecule has 1 saturated heterocycles. The van der Waals surface area contributed by atoms with E-state index in [0.29, 0.717) is 5.75 Å². The van der Waals surface area contributed by atoms with Gasteiger partial charge in [-0.15, -0.1) is 0 Å². The number of nitrogens with zero attached hydrogens (tertiary/aromatic N) is 1. The lowest BCUT2D eigenvalue weighted by Gasteiger charge is -2.43. The molecule has 1 aromatic rings. The van der Waals surface area contributed by atoms with Gasteiger partial charge in [-0.25, -0.2) is 4.79 Å². The summed E-state index contributed by atoms with van der Waals surface area (Å²) in [5, 5.41) is -0.199. The van der Waals surface area contributed by atoms with Crippen molar-refractivity contribution in [3.05, 3.63) is 29.8 Å². The van der Waals surface area contributed by atoms with Crippen LogP contribution in [0.4, 0.5) is 18.0 Å². The number of para-hydroxylation sites is 1. The number of fused-ring (bicyclic) bond motifs is 1. The maximum Gasteiger partial charge on any atom is 0.534 e. The van der Waals surface area contributed by atoms with Crippen molar-refractivity contribution in [1.29, 1.82) is 0 Å². The van der Waals surface area contributed by atoms with E-state index in [2.05, 4.69) is 4.18 Å². The Morgan fingerprint density at radius 2 is 1.63 bits per heavy atom. The van der Waals surface area contributed by atoms with Crippen molar-refractivity contribution < 1.29 is 44.5 Å². The topological polar surface area (TPSA) is 91.4 Å². The Labute approximate surface area is 223 Å². The molecule has 0 radical (unpaired) electrons. The largest absolute Gasteiger partial charge is 0.541 e. The first-order valence-electron chi connectivity index (χ1n) is 12.3. The van der Waals surface area contributed by atoms with Crippen molar-refractivity contribution in [3.8, 4) is 11.5 Å². The summed E-state index contributed by atoms with van der Waals surface area (Å²) in [6.45, 7) is 15.7. The van der Waals surface area contributed by atoms with Crippen LogP contribution < -0.4 is 9.16 Å². The molecule has 2 aliphatic heterocycles. The molecule has 0 unspecified atom stereocenters. The number of carbonyl (C=O) groups is 1. The molecule has 2 heterocycles. The van der Waals surface area contributed by atoms with Crippen molar-refractivity contribution >= 4 is 30.3 Å². The molecule has 8 nitrogen and oxygen atoms in total. The van der Waals surface area contributed by atoms with Gasteiger partial charge in [0.15, 0.2) is 11.5 Å². The third kappa shape index (κ3) is 6.41. The lowest BCUT2D eigenvalue weighted by molar-refractivity contribution is -0.0512. The van der Waals surface area contributed by atoms with E-state index in [9.17, 15) is 26.4 Å². The predicted octanol–water partition coefficient (Wildman–Crippen LogP) is 6.44. The summed E-state index contributed by atoms with van der Waals surface area (Å²) in [7, 11) is -8.37. The molecular weight excluding hydrogens is 543 g/mol. The van der Waals surface area contributed by atoms with Gasteiger partial charge in [0.2, 0.25) is 0 Å². The summed E-state index contributed by atoms with van der Waals surface area (Å²) in [5.41, 5.74) is -7.51. The zero-order valence-electron chi connectivity index (χ0n) is 23.0. The summed E-state index contributed by atoms with van der Waals surface area (Å²) in [6.07, 6.45) is 1.07. The summed E-state index contributed by atoms with van der Waals surface area (Å²) >= 11 is 0. The first-order valence-corrected chi connectivity index (χ1v) is 16.6. The first kappa shape index (κ1) is 30.1. The fraction of sp³-hybridized carbons (Fsp3) is 0.640. The zero-order valence-corrected chi connectivity index (χ0v) is 24.8. The number of hydrogen-bond acceptors (Lipinski definition) is 7. The second-order valence-corrected chi connectivity index (χ2v) is 18.4. The number of benzene rings is 1. The number of hydrogen-bond donors (Lipinski definition) is 0. The minimum Gasteiger partial charge on any atom is -0.541 e. The van der Waals surface area contributed by atoms with Gasteiger partial charge in [0.25, 0.3) is 8.32 Å². The Morgan fingerprint density at radius 1 is 1.05 bits per heavy atom. The van der Waals surface area contributed by atoms with Crippen LogP contribution in [0.25, 0.3) is 5.76 Å². The molecule has 1 spiro atoms. The highest BCUT2D eigenvalue weighted by atomic mass is 32.2. The molecule has 0 aliphatic carbocycles. The van der Waals surface area contributed by atoms with Gasteiger partial charge in [-0.2, -0.15) is 21.6 Å². The molecule has 38 heavy (non-hydrogen) atoms. The summed E-state index contributed by atoms with van der Waals surface area (Å²) in [4.78, 5) is 14.0. The van der Waals surface area contributed by atoms with Gasteiger partial charge in [0.05, 0.1) is 5.56 Å². The van der Waals surface area contributed by atoms with Crippen LogP contribution in [0, 0.1) is 0 Å². The van der Waals surface area contributed by atoms with Gasteiger partial charge >= 0.3 is 21.7 Å². The summed E-state index contributed by atoms with van der Waals surface area (Å²) in [6, 6.07) is 4.61. The fourth-order valence-corrected chi connectivity index (χ4v) is 5.23. The summed E-state index contributed by atoms with van der Waals surface area (Å²) < 4.78 is 86.7. The van der Waals surface area contributed by atoms with E-state index in [4.69, 9.17) is 13.9 Å². The number of carbonyl (C=O) groups excluding carboxylic acids is 1. The van der Waals surface area contributed by atoms with Crippen LogP contribution in [0.15, 0.2) is 24.3 Å². The number of piperidine rings is 1. The molecular formula is C25H36F3NO7SSi. The van der Waals surface area contributed by atoms with E-state index in [1.54, 1.807) is 32.9 Å². The van der Waals surface area contributed by atoms with Crippen LogP contribution in [0.5, 0.6) is 11.5 Å². The van der Waals surface area contributed by atoms with E-state index in [1.165, 1.54) is 17.0 Å². The number of likely N-dealkylation sites (tertiary alicyclic amines) is 1. The maximum absolute atomic E-state index is 13.3. The monoisotopic (exact) mass is 579 g/mol. The Hall–Kier alpha value is -2.41. The van der Waals surface area contributed by atoms with Crippen molar-refractivity contribution in [3.63, 3.8) is 0 Å². The Kier molecular flexibility index (Phi) is 7.65. The molecule has 1 fully saturated rings. The zero-order chi connectivity index (χ0) is 28.9. The lowest BCUT2D eigenvalue weighted by Crippen LogP contribution is -2.51. The van der Waals surface area contributed by atoms with Gasteiger partial charge in [-0.05, 0) is 51.0 Å². The van der Waals surface area contributed by atoms with E-state index in [0.717, 1.165) is 0 Å². The minimum absolute atomic E-state index is 0.0363. The third-order valence-electron chi connectivity index (χ3n) is 6.86. The molecule has 1 amide bonds. The van der Waals surface area contributed by atoms with Crippen molar-refractivity contribution in [2.75, 3.05) is 13.1 Å². The highest BCUT2D eigenvalue weighted by Gasteiger charge is 2.51. The molecule has 13 heteroatoms. The fourth-order valence-electron chi connectivity index (χ4n) is 3.75. The van der Waals surface area contributed by atoms with Crippen LogP contribution in [0.1, 0.15) is 59.9 Å². The molecule has 0 atom stereocenters. The number of halogens is 3. The van der Waals surface area contributed by atoms with Gasteiger partial charge in [-0.3, -0.25) is 0 Å². The molecule has 214 valence electrons. The van der Waals surface area contributed by atoms with Gasteiger partial charge in [0.1, 0.15) is 17.0 Å². The average Bonchev–Trinajstić information content (AvgIpc) is 2.71. The van der Waals surface area contributed by atoms with E-state index < -0.39 is 47.0 Å². The molecule has 3 rings (SSSR count). The normalized spacial score (nSPS) is 18.3.